The van der Waals surface area contributed by atoms with Gasteiger partial charge < -0.3 is 10.2 Å². The minimum absolute atomic E-state index is 0.0416. The van der Waals surface area contributed by atoms with Crippen LogP contribution in [0, 0.1) is 0 Å². The van der Waals surface area contributed by atoms with Gasteiger partial charge in [0.15, 0.2) is 0 Å². The van der Waals surface area contributed by atoms with E-state index in [1.807, 2.05) is 0 Å². The van der Waals surface area contributed by atoms with Crippen molar-refractivity contribution in [3.63, 3.8) is 0 Å². The van der Waals surface area contributed by atoms with Crippen molar-refractivity contribution >= 4 is 17.6 Å². The maximum atomic E-state index is 11.4. The molecule has 1 aliphatic rings. The Kier molecular flexibility index (Phi) is 4.66. The van der Waals surface area contributed by atoms with Crippen LogP contribution in [-0.4, -0.2) is 22.2 Å². The number of benzene rings is 1. The van der Waals surface area contributed by atoms with Crippen molar-refractivity contribution in [2.45, 2.75) is 44.2 Å². The first-order valence-corrected chi connectivity index (χ1v) is 6.93. The van der Waals surface area contributed by atoms with Crippen LogP contribution in [0.3, 0.4) is 0 Å². The second kappa shape index (κ2) is 6.26. The molecule has 3 N–H and O–H groups in total. The van der Waals surface area contributed by atoms with Crippen molar-refractivity contribution in [3.05, 3.63) is 28.8 Å². The van der Waals surface area contributed by atoms with Crippen molar-refractivity contribution < 1.29 is 15.0 Å². The van der Waals surface area contributed by atoms with Gasteiger partial charge in [-0.25, -0.2) is 0 Å². The molecule has 0 spiro atoms. The minimum atomic E-state index is -0.997. The summed E-state index contributed by atoms with van der Waals surface area (Å²) in [6, 6.07) is 3.75. The molecule has 0 heterocycles. The minimum Gasteiger partial charge on any atom is -0.508 e. The Morgan fingerprint density at radius 3 is 2.63 bits per heavy atom. The maximum absolute atomic E-state index is 11.4. The predicted octanol–water partition coefficient (Wildman–Crippen LogP) is 3.09. The Morgan fingerprint density at radius 2 is 2.00 bits per heavy atom. The number of hydrogen-bond acceptors (Lipinski definition) is 3. The summed E-state index contributed by atoms with van der Waals surface area (Å²) < 4.78 is 0. The number of nitrogens with one attached hydrogen (secondary N) is 1. The molecule has 5 heteroatoms. The lowest BCUT2D eigenvalue weighted by Crippen LogP contribution is -2.38. The van der Waals surface area contributed by atoms with E-state index in [0.717, 1.165) is 25.7 Å². The highest BCUT2D eigenvalue weighted by Gasteiger charge is 2.26. The van der Waals surface area contributed by atoms with E-state index in [1.54, 1.807) is 6.07 Å². The van der Waals surface area contributed by atoms with E-state index in [4.69, 9.17) is 11.6 Å². The van der Waals surface area contributed by atoms with Gasteiger partial charge in [0.2, 0.25) is 0 Å². The summed E-state index contributed by atoms with van der Waals surface area (Å²) in [7, 11) is 0. The van der Waals surface area contributed by atoms with Gasteiger partial charge in [-0.1, -0.05) is 30.9 Å². The van der Waals surface area contributed by atoms with Crippen LogP contribution in [0.25, 0.3) is 0 Å². The topological polar surface area (TPSA) is 69.6 Å². The average molecular weight is 284 g/mol. The van der Waals surface area contributed by atoms with Crippen LogP contribution in [0.2, 0.25) is 5.02 Å². The molecular weight excluding hydrogens is 266 g/mol. The Labute approximate surface area is 117 Å². The van der Waals surface area contributed by atoms with E-state index in [9.17, 15) is 15.0 Å². The van der Waals surface area contributed by atoms with Gasteiger partial charge >= 0.3 is 5.97 Å². The number of hydrogen-bond donors (Lipinski definition) is 3. The number of aromatic hydroxyl groups is 1. The zero-order chi connectivity index (χ0) is 13.8. The van der Waals surface area contributed by atoms with Gasteiger partial charge in [-0.05, 0) is 31.0 Å². The number of phenols is 1. The lowest BCUT2D eigenvalue weighted by molar-refractivity contribution is -0.140. The first-order valence-electron chi connectivity index (χ1n) is 6.55. The molecule has 0 aromatic heterocycles. The second-order valence-electron chi connectivity index (χ2n) is 4.98. The number of carboxylic acids is 1. The molecule has 1 aromatic rings. The fourth-order valence-corrected chi connectivity index (χ4v) is 2.74. The molecular formula is C14H18ClNO3. The lowest BCUT2D eigenvalue weighted by Gasteiger charge is -2.27. The van der Waals surface area contributed by atoms with Crippen LogP contribution in [0.5, 0.6) is 5.75 Å². The Morgan fingerprint density at radius 1 is 1.32 bits per heavy atom. The Hall–Kier alpha value is -1.26. The quantitative estimate of drug-likeness (QED) is 0.794. The zero-order valence-corrected chi connectivity index (χ0v) is 11.4. The highest BCUT2D eigenvalue weighted by atomic mass is 35.5. The van der Waals surface area contributed by atoms with E-state index >= 15 is 0 Å². The molecule has 1 aromatic carbocycles. The highest BCUT2D eigenvalue weighted by Crippen LogP contribution is 2.29. The molecule has 0 aliphatic heterocycles. The zero-order valence-electron chi connectivity index (χ0n) is 10.6. The SMILES string of the molecule is O=C(O)C(NC1CCCCC1)c1cc(Cl)ccc1O. The first kappa shape index (κ1) is 14.2. The molecule has 104 valence electrons. The molecule has 0 bridgehead atoms. The van der Waals surface area contributed by atoms with Crippen molar-refractivity contribution in [3.8, 4) is 5.75 Å². The summed E-state index contributed by atoms with van der Waals surface area (Å²) in [6.07, 6.45) is 5.39. The van der Waals surface area contributed by atoms with Crippen LogP contribution in [0.1, 0.15) is 43.7 Å². The van der Waals surface area contributed by atoms with E-state index in [0.29, 0.717) is 10.6 Å². The smallest absolute Gasteiger partial charge is 0.325 e. The number of carboxylic acid groups (broad SMARTS) is 1. The van der Waals surface area contributed by atoms with Crippen LogP contribution >= 0.6 is 11.6 Å². The number of rotatable bonds is 4. The van der Waals surface area contributed by atoms with Gasteiger partial charge in [0.05, 0.1) is 0 Å². The number of aliphatic carboxylic acids is 1. The molecule has 0 radical (unpaired) electrons. The largest absolute Gasteiger partial charge is 0.508 e. The summed E-state index contributed by atoms with van der Waals surface area (Å²) >= 11 is 5.88. The Balaban J connectivity index is 2.19. The van der Waals surface area contributed by atoms with Crippen LogP contribution in [0.4, 0.5) is 0 Å². The van der Waals surface area contributed by atoms with Crippen molar-refractivity contribution in [1.29, 1.82) is 0 Å². The van der Waals surface area contributed by atoms with E-state index < -0.39 is 12.0 Å². The van der Waals surface area contributed by atoms with Gasteiger partial charge in [0.25, 0.3) is 0 Å². The van der Waals surface area contributed by atoms with Crippen LogP contribution in [-0.2, 0) is 4.79 Å². The fourth-order valence-electron chi connectivity index (χ4n) is 2.56. The molecule has 2 rings (SSSR count). The summed E-state index contributed by atoms with van der Waals surface area (Å²) in [5, 5.41) is 22.7. The average Bonchev–Trinajstić information content (AvgIpc) is 2.40. The number of carbonyl (C=O) groups is 1. The van der Waals surface area contributed by atoms with E-state index in [2.05, 4.69) is 5.32 Å². The number of halogens is 1. The molecule has 1 fully saturated rings. The normalized spacial score (nSPS) is 18.2. The van der Waals surface area contributed by atoms with Gasteiger partial charge in [-0.2, -0.15) is 0 Å². The molecule has 0 amide bonds. The Bertz CT molecular complexity index is 458. The fraction of sp³-hybridized carbons (Fsp3) is 0.500. The predicted molar refractivity (Wildman–Crippen MR) is 73.5 cm³/mol. The molecule has 19 heavy (non-hydrogen) atoms. The summed E-state index contributed by atoms with van der Waals surface area (Å²) in [5.74, 6) is -1.04. The first-order chi connectivity index (χ1) is 9.08. The standard InChI is InChI=1S/C14H18ClNO3/c15-9-6-7-12(17)11(8-9)13(14(18)19)16-10-4-2-1-3-5-10/h6-8,10,13,16-17H,1-5H2,(H,18,19). The van der Waals surface area contributed by atoms with Crippen LogP contribution < -0.4 is 5.32 Å². The van der Waals surface area contributed by atoms with Crippen LogP contribution in [0.15, 0.2) is 18.2 Å². The molecule has 1 aliphatic carbocycles. The molecule has 1 unspecified atom stereocenters. The highest BCUT2D eigenvalue weighted by molar-refractivity contribution is 6.30. The van der Waals surface area contributed by atoms with Crippen molar-refractivity contribution in [2.24, 2.45) is 0 Å². The summed E-state index contributed by atoms with van der Waals surface area (Å²) in [6.45, 7) is 0. The third-order valence-corrected chi connectivity index (χ3v) is 3.79. The van der Waals surface area contributed by atoms with Crippen molar-refractivity contribution in [2.75, 3.05) is 0 Å². The molecule has 0 saturated heterocycles. The molecule has 4 nitrogen and oxygen atoms in total. The third kappa shape index (κ3) is 3.61. The summed E-state index contributed by atoms with van der Waals surface area (Å²) in [4.78, 5) is 11.4. The second-order valence-corrected chi connectivity index (χ2v) is 5.41. The van der Waals surface area contributed by atoms with Crippen molar-refractivity contribution in [1.82, 2.24) is 5.32 Å². The van der Waals surface area contributed by atoms with E-state index in [1.165, 1.54) is 18.6 Å². The van der Waals surface area contributed by atoms with Gasteiger partial charge in [-0.15, -0.1) is 0 Å². The molecule has 1 atom stereocenters. The maximum Gasteiger partial charge on any atom is 0.325 e. The lowest BCUT2D eigenvalue weighted by atomic mass is 9.94. The van der Waals surface area contributed by atoms with Gasteiger partial charge in [0.1, 0.15) is 11.8 Å². The number of phenolic OH excluding ortho intramolecular Hbond substituents is 1. The third-order valence-electron chi connectivity index (χ3n) is 3.56. The van der Waals surface area contributed by atoms with E-state index in [-0.39, 0.29) is 11.8 Å². The van der Waals surface area contributed by atoms with Gasteiger partial charge in [0, 0.05) is 16.6 Å². The molecule has 1 saturated carbocycles. The van der Waals surface area contributed by atoms with Gasteiger partial charge in [-0.3, -0.25) is 10.1 Å². The summed E-state index contributed by atoms with van der Waals surface area (Å²) in [5.41, 5.74) is 0.325. The monoisotopic (exact) mass is 283 g/mol.